The van der Waals surface area contributed by atoms with Crippen molar-refractivity contribution in [1.29, 1.82) is 0 Å². The van der Waals surface area contributed by atoms with Crippen LogP contribution in [0.4, 0.5) is 0 Å². The third-order valence-corrected chi connectivity index (χ3v) is 5.68. The van der Waals surface area contributed by atoms with E-state index in [1.807, 2.05) is 0 Å². The molecule has 0 spiro atoms. The molecule has 0 aliphatic carbocycles. The van der Waals surface area contributed by atoms with E-state index >= 15 is 0 Å². The molecule has 21 heavy (non-hydrogen) atoms. The number of aromatic nitrogens is 3. The number of aromatic amines is 2. The molecule has 0 amide bonds. The lowest BCUT2D eigenvalue weighted by Crippen LogP contribution is -2.42. The van der Waals surface area contributed by atoms with E-state index in [0.29, 0.717) is 17.0 Å². The molecular formula is C10H12N4O5S2. The van der Waals surface area contributed by atoms with Crippen molar-refractivity contribution in [2.75, 3.05) is 0 Å². The highest BCUT2D eigenvalue weighted by atomic mass is 32.2. The number of nitrogens with zero attached hydrogens (tertiary/aromatic N) is 1. The number of thiazole rings is 1. The Bertz CT molecular complexity index is 790. The summed E-state index contributed by atoms with van der Waals surface area (Å²) in [4.78, 5) is 30.6. The monoisotopic (exact) mass is 332 g/mol. The topological polar surface area (TPSA) is 145 Å². The molecule has 0 saturated carbocycles. The lowest BCUT2D eigenvalue weighted by atomic mass is 10.2. The normalized spacial score (nSPS) is 13.2. The van der Waals surface area contributed by atoms with Gasteiger partial charge in [0.1, 0.15) is 6.04 Å². The Morgan fingerprint density at radius 1 is 1.57 bits per heavy atom. The molecule has 0 radical (unpaired) electrons. The molecule has 11 heteroatoms. The van der Waals surface area contributed by atoms with Crippen LogP contribution in [0.2, 0.25) is 0 Å². The molecular weight excluding hydrogens is 320 g/mol. The fraction of sp³-hybridized carbons (Fsp3) is 0.300. The zero-order valence-electron chi connectivity index (χ0n) is 10.8. The molecule has 0 fully saturated rings. The fourth-order valence-electron chi connectivity index (χ4n) is 1.68. The highest BCUT2D eigenvalue weighted by molar-refractivity contribution is 7.91. The van der Waals surface area contributed by atoms with Crippen LogP contribution in [0.3, 0.4) is 0 Å². The van der Waals surface area contributed by atoms with Gasteiger partial charge in [0.2, 0.25) is 0 Å². The Morgan fingerprint density at radius 2 is 2.29 bits per heavy atom. The van der Waals surface area contributed by atoms with Crippen molar-refractivity contribution in [3.63, 3.8) is 0 Å². The molecule has 9 nitrogen and oxygen atoms in total. The third-order valence-electron chi connectivity index (χ3n) is 2.60. The first-order valence-electron chi connectivity index (χ1n) is 5.71. The number of hydrogen-bond acceptors (Lipinski definition) is 6. The van der Waals surface area contributed by atoms with E-state index in [4.69, 9.17) is 5.11 Å². The summed E-state index contributed by atoms with van der Waals surface area (Å²) < 4.78 is 26.2. The number of carboxylic acids is 1. The largest absolute Gasteiger partial charge is 0.480 e. The SMILES string of the molecule is Cc1[nH]c(=O)sc1S(=O)(=O)NC(Cc1cnc[nH]1)C(=O)O. The Morgan fingerprint density at radius 3 is 2.76 bits per heavy atom. The minimum absolute atomic E-state index is 0.0903. The lowest BCUT2D eigenvalue weighted by molar-refractivity contribution is -0.138. The molecule has 2 aromatic rings. The van der Waals surface area contributed by atoms with E-state index in [9.17, 15) is 18.0 Å². The van der Waals surface area contributed by atoms with Gasteiger partial charge in [0, 0.05) is 24.0 Å². The van der Waals surface area contributed by atoms with Crippen LogP contribution in [0, 0.1) is 6.92 Å². The first kappa shape index (κ1) is 15.4. The third kappa shape index (κ3) is 3.56. The molecule has 1 atom stereocenters. The standard InChI is InChI=1S/C10H12N4O5S2/c1-5-9(20-10(17)13-5)21(18,19)14-7(8(15)16)2-6-3-11-4-12-6/h3-4,7,14H,2H2,1H3,(H,11,12)(H,13,17)(H,15,16). The number of sulfonamides is 1. The Kier molecular flexibility index (Phi) is 4.25. The van der Waals surface area contributed by atoms with Crippen LogP contribution in [0.15, 0.2) is 21.5 Å². The summed E-state index contributed by atoms with van der Waals surface area (Å²) >= 11 is 0.508. The second-order valence-electron chi connectivity index (χ2n) is 4.22. The molecule has 0 saturated heterocycles. The van der Waals surface area contributed by atoms with Crippen LogP contribution >= 0.6 is 11.3 Å². The van der Waals surface area contributed by atoms with Gasteiger partial charge in [-0.25, -0.2) is 13.4 Å². The van der Waals surface area contributed by atoms with Crippen LogP contribution in [-0.2, 0) is 21.2 Å². The van der Waals surface area contributed by atoms with E-state index in [0.717, 1.165) is 0 Å². The second kappa shape index (κ2) is 5.79. The maximum absolute atomic E-state index is 12.2. The smallest absolute Gasteiger partial charge is 0.322 e. The number of imidazole rings is 1. The zero-order valence-corrected chi connectivity index (χ0v) is 12.4. The van der Waals surface area contributed by atoms with Gasteiger partial charge in [-0.1, -0.05) is 11.3 Å². The van der Waals surface area contributed by atoms with Gasteiger partial charge in [-0.3, -0.25) is 9.59 Å². The van der Waals surface area contributed by atoms with Crippen LogP contribution in [-0.4, -0.2) is 40.5 Å². The molecule has 0 aromatic carbocycles. The second-order valence-corrected chi connectivity index (χ2v) is 7.11. The lowest BCUT2D eigenvalue weighted by Gasteiger charge is -2.13. The Labute approximate surface area is 123 Å². The number of aliphatic carboxylic acids is 1. The van der Waals surface area contributed by atoms with Crippen molar-refractivity contribution >= 4 is 27.3 Å². The molecule has 0 aliphatic heterocycles. The average Bonchev–Trinajstić information content (AvgIpc) is 2.98. The van der Waals surface area contributed by atoms with Gasteiger partial charge in [-0.05, 0) is 6.92 Å². The highest BCUT2D eigenvalue weighted by Crippen LogP contribution is 2.16. The van der Waals surface area contributed by atoms with Crippen molar-refractivity contribution in [3.05, 3.63) is 33.6 Å². The fourth-order valence-corrected chi connectivity index (χ4v) is 4.19. The van der Waals surface area contributed by atoms with Crippen LogP contribution < -0.4 is 9.60 Å². The number of carbonyl (C=O) groups is 1. The summed E-state index contributed by atoms with van der Waals surface area (Å²) in [5.74, 6) is -1.33. The molecule has 0 bridgehead atoms. The predicted octanol–water partition coefficient (Wildman–Crippen LogP) is -0.558. The van der Waals surface area contributed by atoms with Crippen molar-refractivity contribution in [1.82, 2.24) is 19.7 Å². The number of H-pyrrole nitrogens is 2. The maximum Gasteiger partial charge on any atom is 0.322 e. The van der Waals surface area contributed by atoms with Crippen molar-refractivity contribution in [2.24, 2.45) is 0 Å². The van der Waals surface area contributed by atoms with Gasteiger partial charge in [-0.2, -0.15) is 4.72 Å². The first-order valence-corrected chi connectivity index (χ1v) is 8.01. The van der Waals surface area contributed by atoms with E-state index in [2.05, 4.69) is 19.7 Å². The summed E-state index contributed by atoms with van der Waals surface area (Å²) in [6.07, 6.45) is 2.68. The first-order chi connectivity index (χ1) is 9.79. The quantitative estimate of drug-likeness (QED) is 0.558. The van der Waals surface area contributed by atoms with E-state index in [1.54, 1.807) is 0 Å². The molecule has 114 valence electrons. The van der Waals surface area contributed by atoms with Gasteiger partial charge >= 0.3 is 10.8 Å². The van der Waals surface area contributed by atoms with Gasteiger partial charge in [0.25, 0.3) is 10.0 Å². The average molecular weight is 332 g/mol. The van der Waals surface area contributed by atoms with Gasteiger partial charge in [0.15, 0.2) is 4.21 Å². The predicted molar refractivity (Wildman–Crippen MR) is 73.7 cm³/mol. The summed E-state index contributed by atoms with van der Waals surface area (Å²) in [7, 11) is -4.10. The van der Waals surface area contributed by atoms with Gasteiger partial charge < -0.3 is 15.1 Å². The van der Waals surface area contributed by atoms with Gasteiger partial charge in [-0.15, -0.1) is 0 Å². The minimum Gasteiger partial charge on any atom is -0.480 e. The molecule has 0 aliphatic rings. The Balaban J connectivity index is 2.25. The Hall–Kier alpha value is -1.98. The summed E-state index contributed by atoms with van der Waals surface area (Å²) in [5.41, 5.74) is 0.646. The molecule has 2 rings (SSSR count). The van der Waals surface area contributed by atoms with Gasteiger partial charge in [0.05, 0.1) is 6.33 Å². The minimum atomic E-state index is -4.10. The van der Waals surface area contributed by atoms with E-state index < -0.39 is 26.9 Å². The van der Waals surface area contributed by atoms with Crippen molar-refractivity contribution < 1.29 is 18.3 Å². The van der Waals surface area contributed by atoms with E-state index in [1.165, 1.54) is 19.4 Å². The van der Waals surface area contributed by atoms with Crippen molar-refractivity contribution in [2.45, 2.75) is 23.6 Å². The number of rotatable bonds is 6. The van der Waals surface area contributed by atoms with Crippen molar-refractivity contribution in [3.8, 4) is 0 Å². The molecule has 1 unspecified atom stereocenters. The van der Waals surface area contributed by atoms with Crippen LogP contribution in [0.25, 0.3) is 0 Å². The number of nitrogens with one attached hydrogen (secondary N) is 3. The summed E-state index contributed by atoms with van der Waals surface area (Å²) in [5, 5.41) is 9.13. The number of aryl methyl sites for hydroxylation is 1. The zero-order chi connectivity index (χ0) is 15.6. The number of carboxylic acid groups (broad SMARTS) is 1. The molecule has 4 N–H and O–H groups in total. The van der Waals surface area contributed by atoms with E-state index in [-0.39, 0.29) is 16.3 Å². The molecule has 2 heterocycles. The van der Waals surface area contributed by atoms with Crippen LogP contribution in [0.1, 0.15) is 11.4 Å². The summed E-state index contributed by atoms with van der Waals surface area (Å²) in [6, 6.07) is -1.37. The van der Waals surface area contributed by atoms with Crippen LogP contribution in [0.5, 0.6) is 0 Å². The highest BCUT2D eigenvalue weighted by Gasteiger charge is 2.28. The summed E-state index contributed by atoms with van der Waals surface area (Å²) in [6.45, 7) is 1.43. The molecule has 2 aromatic heterocycles. The number of hydrogen-bond donors (Lipinski definition) is 4. The maximum atomic E-state index is 12.2.